The van der Waals surface area contributed by atoms with Gasteiger partial charge in [0.15, 0.2) is 0 Å². The van der Waals surface area contributed by atoms with Crippen LogP contribution >= 0.6 is 0 Å². The lowest BCUT2D eigenvalue weighted by Gasteiger charge is -2.42. The predicted molar refractivity (Wildman–Crippen MR) is 237 cm³/mol. The molecule has 0 saturated heterocycles. The van der Waals surface area contributed by atoms with Crippen molar-refractivity contribution in [2.75, 3.05) is 0 Å². The first-order valence-electron chi connectivity index (χ1n) is 19.7. The van der Waals surface area contributed by atoms with Crippen molar-refractivity contribution in [3.8, 4) is 28.3 Å². The molecule has 0 bridgehead atoms. The Morgan fingerprint density at radius 1 is 0.351 bits per heavy atom. The summed E-state index contributed by atoms with van der Waals surface area (Å²) in [7, 11) is 0. The van der Waals surface area contributed by atoms with Crippen molar-refractivity contribution in [1.29, 1.82) is 0 Å². The number of hydrogen-bond acceptors (Lipinski definition) is 1. The van der Waals surface area contributed by atoms with Gasteiger partial charge in [0, 0.05) is 33.2 Å². The number of aromatic nitrogens is 1. The molecule has 0 N–H and O–H groups in total. The van der Waals surface area contributed by atoms with Gasteiger partial charge >= 0.3 is 0 Å². The first-order chi connectivity index (χ1) is 28.3. The molecular weight excluding hydrogens is 691 g/mol. The Morgan fingerprint density at radius 2 is 0.895 bits per heavy atom. The summed E-state index contributed by atoms with van der Waals surface area (Å²) < 4.78 is 9.47. The summed E-state index contributed by atoms with van der Waals surface area (Å²) in [5.41, 5.74) is 9.80. The van der Waals surface area contributed by atoms with E-state index in [2.05, 4.69) is 217 Å². The second-order valence-corrected chi connectivity index (χ2v) is 15.2. The van der Waals surface area contributed by atoms with E-state index in [0.29, 0.717) is 0 Å². The van der Waals surface area contributed by atoms with Gasteiger partial charge < -0.3 is 9.30 Å². The van der Waals surface area contributed by atoms with E-state index in [0.717, 1.165) is 39.4 Å². The smallest absolute Gasteiger partial charge is 0.140 e. The Balaban J connectivity index is 1.09. The summed E-state index contributed by atoms with van der Waals surface area (Å²) in [5, 5.41) is 10.1. The summed E-state index contributed by atoms with van der Waals surface area (Å²) in [5.74, 6) is 1.76. The minimum absolute atomic E-state index is 0.575. The number of benzene rings is 10. The van der Waals surface area contributed by atoms with Crippen LogP contribution in [0.5, 0.6) is 11.5 Å². The molecule has 1 aliphatic rings. The molecular formula is C55H35NO. The van der Waals surface area contributed by atoms with Gasteiger partial charge in [0.1, 0.15) is 11.5 Å². The monoisotopic (exact) mass is 725 g/mol. The van der Waals surface area contributed by atoms with Gasteiger partial charge in [-0.2, -0.15) is 0 Å². The van der Waals surface area contributed by atoms with E-state index in [9.17, 15) is 0 Å². The van der Waals surface area contributed by atoms with E-state index in [1.807, 2.05) is 0 Å². The van der Waals surface area contributed by atoms with Crippen molar-refractivity contribution in [3.63, 3.8) is 0 Å². The van der Waals surface area contributed by atoms with Gasteiger partial charge in [-0.15, -0.1) is 0 Å². The zero-order valence-corrected chi connectivity index (χ0v) is 31.1. The Hall–Kier alpha value is -7.42. The fraction of sp³-hybridized carbons (Fsp3) is 0.0182. The third-order valence-electron chi connectivity index (χ3n) is 12.3. The average Bonchev–Trinajstić information content (AvgIpc) is 3.62. The molecule has 1 aliphatic heterocycles. The van der Waals surface area contributed by atoms with E-state index < -0.39 is 5.41 Å². The zero-order chi connectivity index (χ0) is 37.5. The zero-order valence-electron chi connectivity index (χ0n) is 31.1. The van der Waals surface area contributed by atoms with Gasteiger partial charge in [-0.3, -0.25) is 0 Å². The van der Waals surface area contributed by atoms with Crippen LogP contribution in [0.15, 0.2) is 212 Å². The highest BCUT2D eigenvalue weighted by atomic mass is 16.5. The maximum Gasteiger partial charge on any atom is 0.140 e. The minimum Gasteiger partial charge on any atom is -0.456 e. The normalized spacial score (nSPS) is 13.2. The first-order valence-corrected chi connectivity index (χ1v) is 19.7. The Kier molecular flexibility index (Phi) is 6.88. The third kappa shape index (κ3) is 4.53. The number of nitrogens with zero attached hydrogens (tertiary/aromatic N) is 1. The number of fused-ring (bicyclic) bond motifs is 11. The van der Waals surface area contributed by atoms with Crippen LogP contribution in [0.25, 0.3) is 70.9 Å². The summed E-state index contributed by atoms with van der Waals surface area (Å²) in [6.45, 7) is 0. The lowest BCUT2D eigenvalue weighted by Crippen LogP contribution is -2.34. The Bertz CT molecular complexity index is 3300. The molecule has 0 atom stereocenters. The quantitative estimate of drug-likeness (QED) is 0.165. The third-order valence-corrected chi connectivity index (χ3v) is 12.3. The molecule has 2 heteroatoms. The van der Waals surface area contributed by atoms with Crippen LogP contribution in [-0.4, -0.2) is 4.57 Å². The second-order valence-electron chi connectivity index (χ2n) is 15.2. The molecule has 57 heavy (non-hydrogen) atoms. The van der Waals surface area contributed by atoms with Crippen molar-refractivity contribution in [3.05, 3.63) is 235 Å². The summed E-state index contributed by atoms with van der Waals surface area (Å²) in [6, 6.07) is 77.3. The molecule has 266 valence electrons. The highest BCUT2D eigenvalue weighted by molar-refractivity contribution is 6.25. The molecule has 0 aliphatic carbocycles. The van der Waals surface area contributed by atoms with Crippen LogP contribution < -0.4 is 4.74 Å². The van der Waals surface area contributed by atoms with Crippen LogP contribution in [0.3, 0.4) is 0 Å². The van der Waals surface area contributed by atoms with Gasteiger partial charge in [0.05, 0.1) is 16.4 Å². The second kappa shape index (κ2) is 12.3. The van der Waals surface area contributed by atoms with Crippen molar-refractivity contribution < 1.29 is 4.74 Å². The highest BCUT2D eigenvalue weighted by Crippen LogP contribution is 2.57. The lowest BCUT2D eigenvalue weighted by molar-refractivity contribution is 0.436. The summed E-state index contributed by atoms with van der Waals surface area (Å²) >= 11 is 0. The topological polar surface area (TPSA) is 14.2 Å². The van der Waals surface area contributed by atoms with Crippen LogP contribution in [0.4, 0.5) is 0 Å². The minimum atomic E-state index is -0.575. The van der Waals surface area contributed by atoms with E-state index in [4.69, 9.17) is 4.74 Å². The molecule has 1 aromatic heterocycles. The largest absolute Gasteiger partial charge is 0.456 e. The van der Waals surface area contributed by atoms with Gasteiger partial charge in [-0.1, -0.05) is 176 Å². The van der Waals surface area contributed by atoms with Crippen LogP contribution in [0.1, 0.15) is 22.3 Å². The molecule has 12 rings (SSSR count). The van der Waals surface area contributed by atoms with Gasteiger partial charge in [0.25, 0.3) is 0 Å². The van der Waals surface area contributed by atoms with Crippen molar-refractivity contribution >= 4 is 54.1 Å². The maximum atomic E-state index is 7.04. The average molecular weight is 726 g/mol. The number of para-hydroxylation sites is 3. The van der Waals surface area contributed by atoms with E-state index in [-0.39, 0.29) is 0 Å². The molecule has 2 heterocycles. The highest BCUT2D eigenvalue weighted by Gasteiger charge is 2.45. The molecule has 10 aromatic carbocycles. The standard InChI is InChI=1S/C55H35NO/c1-3-16-37(17-4-1)55(38-18-5-2-6-19-38)49-26-12-14-29-53(49)57-54-40(25-15-27-50(54)55)36-30-33-52-48(34-36)46-24-11-13-28-51(46)56(52)39-31-32-45-43-22-8-7-20-41(43)42-21-9-10-23-44(42)47(45)35-39/h1-35H. The van der Waals surface area contributed by atoms with Crippen molar-refractivity contribution in [1.82, 2.24) is 4.57 Å². The molecule has 0 spiro atoms. The summed E-state index contributed by atoms with van der Waals surface area (Å²) in [4.78, 5) is 0. The van der Waals surface area contributed by atoms with Crippen molar-refractivity contribution in [2.24, 2.45) is 0 Å². The molecule has 0 unspecified atom stereocenters. The fourth-order valence-corrected chi connectivity index (χ4v) is 9.91. The number of ether oxygens (including phenoxy) is 1. The van der Waals surface area contributed by atoms with Crippen molar-refractivity contribution in [2.45, 2.75) is 5.41 Å². The molecule has 0 saturated carbocycles. The van der Waals surface area contributed by atoms with Crippen LogP contribution in [-0.2, 0) is 5.41 Å². The molecule has 0 fully saturated rings. The van der Waals surface area contributed by atoms with Gasteiger partial charge in [-0.05, 0) is 85.4 Å². The van der Waals surface area contributed by atoms with Gasteiger partial charge in [0.2, 0.25) is 0 Å². The molecule has 0 amide bonds. The SMILES string of the molecule is c1ccc(C2(c3ccccc3)c3ccccc3Oc3c(-c4ccc5c(c4)c4ccccc4n5-c4ccc5c6ccccc6c6ccccc6c5c4)cccc32)cc1. The molecule has 11 aromatic rings. The fourth-order valence-electron chi connectivity index (χ4n) is 9.91. The number of hydrogen-bond donors (Lipinski definition) is 0. The Labute approximate surface area is 330 Å². The van der Waals surface area contributed by atoms with E-state index in [1.165, 1.54) is 65.3 Å². The van der Waals surface area contributed by atoms with E-state index in [1.54, 1.807) is 0 Å². The number of rotatable bonds is 4. The molecule has 0 radical (unpaired) electrons. The van der Waals surface area contributed by atoms with E-state index >= 15 is 0 Å². The van der Waals surface area contributed by atoms with Gasteiger partial charge in [-0.25, -0.2) is 0 Å². The predicted octanol–water partition coefficient (Wildman–Crippen LogP) is 14.4. The molecule has 2 nitrogen and oxygen atoms in total. The summed E-state index contributed by atoms with van der Waals surface area (Å²) in [6.07, 6.45) is 0. The maximum absolute atomic E-state index is 7.04. The lowest BCUT2D eigenvalue weighted by atomic mass is 9.63. The Morgan fingerprint density at radius 3 is 1.60 bits per heavy atom. The first kappa shape index (κ1) is 31.9. The van der Waals surface area contributed by atoms with Crippen LogP contribution in [0, 0.1) is 0 Å². The van der Waals surface area contributed by atoms with Crippen LogP contribution in [0.2, 0.25) is 0 Å².